The fraction of sp³-hybridized carbons (Fsp3) is 0.818. The maximum absolute atomic E-state index is 12.1. The van der Waals surface area contributed by atoms with Gasteiger partial charge in [0.25, 0.3) is 15.9 Å². The molecule has 0 spiro atoms. The standard InChI is InChI=1S/C11H17NO5S/c1-10(2)8(13)12(18(10,16)17)11(9(14)15)6-4-3-5-7-11/h3-7H2,1-2H3,(H,14,15). The van der Waals surface area contributed by atoms with Crippen LogP contribution in [0.4, 0.5) is 0 Å². The second-order valence-electron chi connectivity index (χ2n) is 5.48. The quantitative estimate of drug-likeness (QED) is 0.802. The van der Waals surface area contributed by atoms with Gasteiger partial charge in [-0.1, -0.05) is 19.3 Å². The van der Waals surface area contributed by atoms with E-state index >= 15 is 0 Å². The maximum atomic E-state index is 12.1. The number of amides is 1. The highest BCUT2D eigenvalue weighted by atomic mass is 32.2. The van der Waals surface area contributed by atoms with Crippen molar-refractivity contribution in [3.8, 4) is 0 Å². The van der Waals surface area contributed by atoms with E-state index in [4.69, 9.17) is 0 Å². The van der Waals surface area contributed by atoms with Gasteiger partial charge in [0, 0.05) is 0 Å². The van der Waals surface area contributed by atoms with Crippen LogP contribution in [0.15, 0.2) is 0 Å². The molecule has 1 saturated heterocycles. The summed E-state index contributed by atoms with van der Waals surface area (Å²) in [4.78, 5) is 23.5. The monoisotopic (exact) mass is 275 g/mol. The van der Waals surface area contributed by atoms with Crippen molar-refractivity contribution in [2.75, 3.05) is 0 Å². The molecule has 1 amide bonds. The van der Waals surface area contributed by atoms with Crippen LogP contribution >= 0.6 is 0 Å². The Morgan fingerprint density at radius 2 is 1.72 bits per heavy atom. The minimum Gasteiger partial charge on any atom is -0.479 e. The van der Waals surface area contributed by atoms with Crippen molar-refractivity contribution in [3.63, 3.8) is 0 Å². The molecule has 0 bridgehead atoms. The zero-order valence-corrected chi connectivity index (χ0v) is 11.3. The summed E-state index contributed by atoms with van der Waals surface area (Å²) in [5, 5.41) is 9.39. The molecule has 18 heavy (non-hydrogen) atoms. The predicted octanol–water partition coefficient (Wildman–Crippen LogP) is 0.724. The number of hydrogen-bond donors (Lipinski definition) is 1. The maximum Gasteiger partial charge on any atom is 0.330 e. The highest BCUT2D eigenvalue weighted by molar-refractivity contribution is 7.94. The van der Waals surface area contributed by atoms with Crippen molar-refractivity contribution in [1.82, 2.24) is 4.31 Å². The minimum absolute atomic E-state index is 0.212. The first kappa shape index (κ1) is 13.3. The van der Waals surface area contributed by atoms with Gasteiger partial charge in [0.2, 0.25) is 0 Å². The number of carbonyl (C=O) groups is 2. The van der Waals surface area contributed by atoms with Crippen molar-refractivity contribution in [2.24, 2.45) is 0 Å². The van der Waals surface area contributed by atoms with Gasteiger partial charge in [-0.3, -0.25) is 4.79 Å². The van der Waals surface area contributed by atoms with Crippen molar-refractivity contribution < 1.29 is 23.1 Å². The summed E-state index contributed by atoms with van der Waals surface area (Å²) >= 11 is 0. The fourth-order valence-electron chi connectivity index (χ4n) is 2.72. The van der Waals surface area contributed by atoms with E-state index in [0.29, 0.717) is 17.1 Å². The van der Waals surface area contributed by atoms with Gasteiger partial charge >= 0.3 is 5.97 Å². The Bertz CT molecular complexity index is 502. The van der Waals surface area contributed by atoms with Crippen molar-refractivity contribution in [2.45, 2.75) is 56.2 Å². The molecule has 0 aromatic heterocycles. The average molecular weight is 275 g/mol. The molecule has 2 rings (SSSR count). The van der Waals surface area contributed by atoms with Gasteiger partial charge in [0.1, 0.15) is 0 Å². The lowest BCUT2D eigenvalue weighted by atomic mass is 9.81. The van der Waals surface area contributed by atoms with Crippen molar-refractivity contribution >= 4 is 21.9 Å². The largest absolute Gasteiger partial charge is 0.479 e. The molecule has 1 N–H and O–H groups in total. The number of sulfonamides is 1. The summed E-state index contributed by atoms with van der Waals surface area (Å²) in [5.41, 5.74) is -1.55. The Labute approximate surface area is 106 Å². The number of carboxylic acid groups (broad SMARTS) is 1. The Balaban J connectivity index is 2.47. The molecule has 6 nitrogen and oxygen atoms in total. The third-order valence-electron chi connectivity index (χ3n) is 4.05. The molecule has 0 aromatic carbocycles. The van der Waals surface area contributed by atoms with Crippen LogP contribution in [0, 0.1) is 0 Å². The molecule has 0 atom stereocenters. The molecule has 102 valence electrons. The molecule has 1 aliphatic heterocycles. The molecule has 0 aromatic rings. The van der Waals surface area contributed by atoms with E-state index in [-0.39, 0.29) is 12.8 Å². The lowest BCUT2D eigenvalue weighted by molar-refractivity contribution is -0.159. The first-order valence-corrected chi connectivity index (χ1v) is 7.45. The van der Waals surface area contributed by atoms with Gasteiger partial charge in [-0.05, 0) is 26.7 Å². The van der Waals surface area contributed by atoms with Crippen LogP contribution in [0.5, 0.6) is 0 Å². The number of hydrogen-bond acceptors (Lipinski definition) is 4. The lowest BCUT2D eigenvalue weighted by Crippen LogP contribution is -2.76. The highest BCUT2D eigenvalue weighted by Gasteiger charge is 2.68. The molecule has 1 aliphatic carbocycles. The zero-order valence-electron chi connectivity index (χ0n) is 10.5. The first-order chi connectivity index (χ1) is 8.18. The highest BCUT2D eigenvalue weighted by Crippen LogP contribution is 2.46. The van der Waals surface area contributed by atoms with E-state index in [1.54, 1.807) is 0 Å². The second-order valence-corrected chi connectivity index (χ2v) is 7.82. The Kier molecular flexibility index (Phi) is 2.73. The third kappa shape index (κ3) is 1.36. The normalized spacial score (nSPS) is 28.6. The lowest BCUT2D eigenvalue weighted by Gasteiger charge is -2.52. The molecule has 0 radical (unpaired) electrons. The second kappa shape index (κ2) is 3.69. The van der Waals surface area contributed by atoms with Crippen LogP contribution in [0.1, 0.15) is 46.0 Å². The Morgan fingerprint density at radius 3 is 2.11 bits per heavy atom. The van der Waals surface area contributed by atoms with E-state index in [1.165, 1.54) is 13.8 Å². The molecular formula is C11H17NO5S. The number of carboxylic acids is 1. The first-order valence-electron chi connectivity index (χ1n) is 6.01. The summed E-state index contributed by atoms with van der Waals surface area (Å²) in [5.74, 6) is -1.82. The van der Waals surface area contributed by atoms with Crippen molar-refractivity contribution in [1.29, 1.82) is 0 Å². The molecular weight excluding hydrogens is 258 g/mol. The zero-order chi connectivity index (χ0) is 13.8. The van der Waals surface area contributed by atoms with Crippen LogP contribution in [0.25, 0.3) is 0 Å². The van der Waals surface area contributed by atoms with Crippen LogP contribution in [0.3, 0.4) is 0 Å². The molecule has 1 heterocycles. The van der Waals surface area contributed by atoms with Gasteiger partial charge in [-0.2, -0.15) is 0 Å². The summed E-state index contributed by atoms with van der Waals surface area (Å²) in [6, 6.07) is 0. The van der Waals surface area contributed by atoms with E-state index in [0.717, 1.165) is 6.42 Å². The predicted molar refractivity (Wildman–Crippen MR) is 63.3 cm³/mol. The minimum atomic E-state index is -3.85. The number of nitrogens with zero attached hydrogens (tertiary/aromatic N) is 1. The molecule has 0 unspecified atom stereocenters. The topological polar surface area (TPSA) is 91.8 Å². The molecule has 7 heteroatoms. The van der Waals surface area contributed by atoms with Gasteiger partial charge in [0.15, 0.2) is 10.3 Å². The summed E-state index contributed by atoms with van der Waals surface area (Å²) in [6.45, 7) is 2.64. The van der Waals surface area contributed by atoms with Crippen LogP contribution in [-0.4, -0.2) is 40.0 Å². The molecule has 2 fully saturated rings. The van der Waals surface area contributed by atoms with Crippen molar-refractivity contribution in [3.05, 3.63) is 0 Å². The van der Waals surface area contributed by atoms with Gasteiger partial charge < -0.3 is 5.11 Å². The van der Waals surface area contributed by atoms with E-state index < -0.39 is 32.2 Å². The van der Waals surface area contributed by atoms with Crippen LogP contribution in [0.2, 0.25) is 0 Å². The van der Waals surface area contributed by atoms with Gasteiger partial charge in [0.05, 0.1) is 0 Å². The molecule has 2 aliphatic rings. The number of rotatable bonds is 2. The van der Waals surface area contributed by atoms with E-state index in [2.05, 4.69) is 0 Å². The summed E-state index contributed by atoms with van der Waals surface area (Å²) < 4.78 is 23.4. The Hall–Kier alpha value is -1.11. The smallest absolute Gasteiger partial charge is 0.330 e. The average Bonchev–Trinajstić information content (AvgIpc) is 2.29. The van der Waals surface area contributed by atoms with Crippen LogP contribution in [-0.2, 0) is 19.6 Å². The van der Waals surface area contributed by atoms with Gasteiger partial charge in [-0.15, -0.1) is 0 Å². The summed E-state index contributed by atoms with van der Waals surface area (Å²) in [6.07, 6.45) is 2.56. The third-order valence-corrected chi connectivity index (χ3v) is 6.51. The Morgan fingerprint density at radius 1 is 1.22 bits per heavy atom. The van der Waals surface area contributed by atoms with Crippen LogP contribution < -0.4 is 0 Å². The summed E-state index contributed by atoms with van der Waals surface area (Å²) in [7, 11) is -3.85. The van der Waals surface area contributed by atoms with E-state index in [1.807, 2.05) is 0 Å². The molecule has 1 saturated carbocycles. The fourth-order valence-corrected chi connectivity index (χ4v) is 4.52. The number of carbonyl (C=O) groups excluding carboxylic acids is 1. The van der Waals surface area contributed by atoms with E-state index in [9.17, 15) is 23.1 Å². The SMILES string of the molecule is CC1(C)C(=O)N(C2(C(=O)O)CCCCC2)S1(=O)=O. The van der Waals surface area contributed by atoms with Gasteiger partial charge in [-0.25, -0.2) is 17.5 Å². The number of aliphatic carboxylic acids is 1.